The molecule has 0 saturated heterocycles. The Morgan fingerprint density at radius 1 is 1.82 bits per heavy atom. The van der Waals surface area contributed by atoms with Gasteiger partial charge >= 0.3 is 0 Å². The van der Waals surface area contributed by atoms with Crippen molar-refractivity contribution in [1.29, 1.82) is 0 Å². The summed E-state index contributed by atoms with van der Waals surface area (Å²) in [5.74, 6) is 0. The molecule has 0 fully saturated rings. The Kier molecular flexibility index (Phi) is 3.07. The van der Waals surface area contributed by atoms with Crippen molar-refractivity contribution in [1.82, 2.24) is 15.5 Å². The molecule has 4 N–H and O–H groups in total. The first-order valence-electron chi connectivity index (χ1n) is 3.74. The second kappa shape index (κ2) is 4.10. The number of hydrogen-bond donors (Lipinski definition) is 3. The van der Waals surface area contributed by atoms with Gasteiger partial charge in [0.05, 0.1) is 6.20 Å². The predicted octanol–water partition coefficient (Wildman–Crippen LogP) is -0.153. The molecule has 62 valence electrons. The number of hydrogen-bond acceptors (Lipinski definition) is 3. The van der Waals surface area contributed by atoms with E-state index in [-0.39, 0.29) is 0 Å². The third-order valence-electron chi connectivity index (χ3n) is 1.56. The quantitative estimate of drug-likeness (QED) is 0.565. The summed E-state index contributed by atoms with van der Waals surface area (Å²) < 4.78 is 0. The lowest BCUT2D eigenvalue weighted by Crippen LogP contribution is -2.32. The predicted molar refractivity (Wildman–Crippen MR) is 43.9 cm³/mol. The molecule has 1 rings (SSSR count). The Hall–Kier alpha value is -0.870. The van der Waals surface area contributed by atoms with Crippen LogP contribution in [0.4, 0.5) is 0 Å². The Morgan fingerprint density at radius 2 is 2.64 bits per heavy atom. The Morgan fingerprint density at radius 3 is 3.18 bits per heavy atom. The van der Waals surface area contributed by atoms with Gasteiger partial charge in [-0.15, -0.1) is 0 Å². The number of H-pyrrole nitrogens is 1. The van der Waals surface area contributed by atoms with Crippen LogP contribution in [0.15, 0.2) is 12.4 Å². The van der Waals surface area contributed by atoms with Crippen molar-refractivity contribution in [2.45, 2.75) is 19.5 Å². The smallest absolute Gasteiger partial charge is 0.0532 e. The number of rotatable bonds is 4. The summed E-state index contributed by atoms with van der Waals surface area (Å²) in [6.07, 6.45) is 3.67. The van der Waals surface area contributed by atoms with Crippen LogP contribution in [0, 0.1) is 0 Å². The highest BCUT2D eigenvalue weighted by Crippen LogP contribution is 1.92. The van der Waals surface area contributed by atoms with Crippen LogP contribution in [0.2, 0.25) is 0 Å². The Balaban J connectivity index is 2.23. The first kappa shape index (κ1) is 8.23. The SMILES string of the molecule is C[C@@H](CN)NCc1cn[nH]c1. The van der Waals surface area contributed by atoms with Crippen LogP contribution < -0.4 is 11.1 Å². The molecule has 0 amide bonds. The standard InChI is InChI=1S/C7H14N4/c1-6(2-8)9-3-7-4-10-11-5-7/h4-6,9H,2-3,8H2,1H3,(H,10,11)/t6-/m0/s1. The molecule has 0 saturated carbocycles. The number of nitrogens with one attached hydrogen (secondary N) is 2. The van der Waals surface area contributed by atoms with Gasteiger partial charge in [-0.25, -0.2) is 0 Å². The van der Waals surface area contributed by atoms with Crippen molar-refractivity contribution in [3.05, 3.63) is 18.0 Å². The minimum Gasteiger partial charge on any atom is -0.329 e. The third kappa shape index (κ3) is 2.69. The highest BCUT2D eigenvalue weighted by Gasteiger charge is 1.97. The summed E-state index contributed by atoms with van der Waals surface area (Å²) in [6.45, 7) is 3.55. The average molecular weight is 154 g/mol. The lowest BCUT2D eigenvalue weighted by Gasteiger charge is -2.08. The van der Waals surface area contributed by atoms with Gasteiger partial charge < -0.3 is 11.1 Å². The lowest BCUT2D eigenvalue weighted by molar-refractivity contribution is 0.556. The van der Waals surface area contributed by atoms with Crippen LogP contribution in [0.3, 0.4) is 0 Å². The second-order valence-electron chi connectivity index (χ2n) is 2.62. The first-order valence-corrected chi connectivity index (χ1v) is 3.74. The fourth-order valence-electron chi connectivity index (χ4n) is 0.750. The van der Waals surface area contributed by atoms with Crippen molar-refractivity contribution in [3.8, 4) is 0 Å². The Labute approximate surface area is 66.2 Å². The minimum atomic E-state index is 0.366. The zero-order valence-electron chi connectivity index (χ0n) is 6.67. The van der Waals surface area contributed by atoms with Crippen LogP contribution in [-0.2, 0) is 6.54 Å². The average Bonchev–Trinajstić information content (AvgIpc) is 2.52. The topological polar surface area (TPSA) is 66.7 Å². The molecule has 4 nitrogen and oxygen atoms in total. The van der Waals surface area contributed by atoms with Gasteiger partial charge in [0.1, 0.15) is 0 Å². The fourth-order valence-corrected chi connectivity index (χ4v) is 0.750. The van der Waals surface area contributed by atoms with E-state index < -0.39 is 0 Å². The number of nitrogens with two attached hydrogens (primary N) is 1. The highest BCUT2D eigenvalue weighted by molar-refractivity contribution is 5.01. The second-order valence-corrected chi connectivity index (χ2v) is 2.62. The number of aromatic nitrogens is 2. The van der Waals surface area contributed by atoms with Crippen molar-refractivity contribution < 1.29 is 0 Å². The molecule has 4 heteroatoms. The fraction of sp³-hybridized carbons (Fsp3) is 0.571. The van der Waals surface area contributed by atoms with E-state index in [2.05, 4.69) is 22.4 Å². The van der Waals surface area contributed by atoms with Crippen LogP contribution in [-0.4, -0.2) is 22.8 Å². The van der Waals surface area contributed by atoms with E-state index in [0.29, 0.717) is 12.6 Å². The van der Waals surface area contributed by atoms with Gasteiger partial charge in [-0.3, -0.25) is 5.10 Å². The number of aromatic amines is 1. The van der Waals surface area contributed by atoms with Crippen LogP contribution >= 0.6 is 0 Å². The first-order chi connectivity index (χ1) is 5.33. The normalized spacial score (nSPS) is 13.3. The molecule has 1 heterocycles. The zero-order valence-corrected chi connectivity index (χ0v) is 6.67. The van der Waals surface area contributed by atoms with E-state index in [4.69, 9.17) is 5.73 Å². The summed E-state index contributed by atoms with van der Waals surface area (Å²) in [5.41, 5.74) is 6.58. The van der Waals surface area contributed by atoms with Crippen molar-refractivity contribution >= 4 is 0 Å². The van der Waals surface area contributed by atoms with E-state index in [9.17, 15) is 0 Å². The molecule has 0 aliphatic rings. The molecule has 0 aromatic carbocycles. The van der Waals surface area contributed by atoms with Gasteiger partial charge in [0.2, 0.25) is 0 Å². The van der Waals surface area contributed by atoms with E-state index >= 15 is 0 Å². The van der Waals surface area contributed by atoms with Gasteiger partial charge in [-0.05, 0) is 6.92 Å². The molecule has 1 aromatic rings. The minimum absolute atomic E-state index is 0.366. The molecule has 0 bridgehead atoms. The van der Waals surface area contributed by atoms with Crippen molar-refractivity contribution in [3.63, 3.8) is 0 Å². The van der Waals surface area contributed by atoms with E-state index in [0.717, 1.165) is 12.1 Å². The molecule has 0 unspecified atom stereocenters. The summed E-state index contributed by atoms with van der Waals surface area (Å²) in [4.78, 5) is 0. The molecule has 0 aliphatic heterocycles. The lowest BCUT2D eigenvalue weighted by atomic mass is 10.3. The largest absolute Gasteiger partial charge is 0.329 e. The van der Waals surface area contributed by atoms with Crippen LogP contribution in [0.1, 0.15) is 12.5 Å². The van der Waals surface area contributed by atoms with Gasteiger partial charge in [0.15, 0.2) is 0 Å². The zero-order chi connectivity index (χ0) is 8.10. The Bertz CT molecular complexity index is 182. The van der Waals surface area contributed by atoms with E-state index in [1.54, 1.807) is 6.20 Å². The molecular formula is C7H14N4. The summed E-state index contributed by atoms with van der Waals surface area (Å²) in [5, 5.41) is 9.83. The van der Waals surface area contributed by atoms with Crippen LogP contribution in [0.25, 0.3) is 0 Å². The molecule has 1 atom stereocenters. The summed E-state index contributed by atoms with van der Waals surface area (Å²) >= 11 is 0. The summed E-state index contributed by atoms with van der Waals surface area (Å²) in [7, 11) is 0. The maximum absolute atomic E-state index is 5.43. The monoisotopic (exact) mass is 154 g/mol. The highest BCUT2D eigenvalue weighted by atomic mass is 15.1. The summed E-state index contributed by atoms with van der Waals surface area (Å²) in [6, 6.07) is 0.366. The van der Waals surface area contributed by atoms with Gasteiger partial charge in [-0.2, -0.15) is 5.10 Å². The molecule has 0 radical (unpaired) electrons. The van der Waals surface area contributed by atoms with Crippen molar-refractivity contribution in [2.75, 3.05) is 6.54 Å². The van der Waals surface area contributed by atoms with Crippen LogP contribution in [0.5, 0.6) is 0 Å². The maximum atomic E-state index is 5.43. The van der Waals surface area contributed by atoms with Gasteiger partial charge in [0, 0.05) is 30.9 Å². The van der Waals surface area contributed by atoms with Gasteiger partial charge in [-0.1, -0.05) is 0 Å². The molecule has 0 spiro atoms. The molecule has 11 heavy (non-hydrogen) atoms. The van der Waals surface area contributed by atoms with Crippen molar-refractivity contribution in [2.24, 2.45) is 5.73 Å². The molecular weight excluding hydrogens is 140 g/mol. The third-order valence-corrected chi connectivity index (χ3v) is 1.56. The molecule has 1 aromatic heterocycles. The molecule has 0 aliphatic carbocycles. The maximum Gasteiger partial charge on any atom is 0.0532 e. The van der Waals surface area contributed by atoms with E-state index in [1.165, 1.54) is 0 Å². The number of nitrogens with zero attached hydrogens (tertiary/aromatic N) is 1. The van der Waals surface area contributed by atoms with Gasteiger partial charge in [0.25, 0.3) is 0 Å². The van der Waals surface area contributed by atoms with E-state index in [1.807, 2.05) is 6.20 Å².